The highest BCUT2D eigenvalue weighted by molar-refractivity contribution is 5.93. The third kappa shape index (κ3) is 3.61. The fourth-order valence-corrected chi connectivity index (χ4v) is 3.76. The highest BCUT2D eigenvalue weighted by atomic mass is 16.5. The van der Waals surface area contributed by atoms with Crippen LogP contribution in [0.3, 0.4) is 0 Å². The van der Waals surface area contributed by atoms with E-state index < -0.39 is 0 Å². The number of rotatable bonds is 4. The molecule has 126 valence electrons. The number of para-hydroxylation sites is 2. The SMILES string of the molecule is CCN(C)c1ccccc1NC(=O)NC1CCCC2OCCC12. The van der Waals surface area contributed by atoms with Gasteiger partial charge >= 0.3 is 6.03 Å². The molecule has 1 aliphatic heterocycles. The van der Waals surface area contributed by atoms with Gasteiger partial charge in [-0.25, -0.2) is 4.79 Å². The summed E-state index contributed by atoms with van der Waals surface area (Å²) in [6, 6.07) is 8.03. The van der Waals surface area contributed by atoms with Crippen molar-refractivity contribution in [2.24, 2.45) is 5.92 Å². The van der Waals surface area contributed by atoms with Crippen LogP contribution in [0.5, 0.6) is 0 Å². The van der Waals surface area contributed by atoms with Crippen molar-refractivity contribution in [3.8, 4) is 0 Å². The number of benzene rings is 1. The predicted octanol–water partition coefficient (Wildman–Crippen LogP) is 3.22. The molecule has 5 nitrogen and oxygen atoms in total. The van der Waals surface area contributed by atoms with E-state index in [2.05, 4.69) is 22.5 Å². The van der Waals surface area contributed by atoms with Crippen LogP contribution in [0.2, 0.25) is 0 Å². The number of nitrogens with zero attached hydrogens (tertiary/aromatic N) is 1. The van der Waals surface area contributed by atoms with Crippen LogP contribution in [0.15, 0.2) is 24.3 Å². The Morgan fingerprint density at radius 2 is 2.13 bits per heavy atom. The molecule has 0 radical (unpaired) electrons. The van der Waals surface area contributed by atoms with Gasteiger partial charge in [0.05, 0.1) is 17.5 Å². The average Bonchev–Trinajstić information content (AvgIpc) is 3.04. The highest BCUT2D eigenvalue weighted by Crippen LogP contribution is 2.34. The molecule has 0 bridgehead atoms. The number of amides is 2. The number of urea groups is 1. The molecule has 2 aliphatic rings. The minimum absolute atomic E-state index is 0.112. The van der Waals surface area contributed by atoms with E-state index in [1.54, 1.807) is 0 Å². The molecule has 1 aliphatic carbocycles. The molecule has 1 aromatic carbocycles. The number of ether oxygens (including phenoxy) is 1. The summed E-state index contributed by atoms with van der Waals surface area (Å²) in [6.45, 7) is 3.82. The van der Waals surface area contributed by atoms with Crippen molar-refractivity contribution < 1.29 is 9.53 Å². The summed E-state index contributed by atoms with van der Waals surface area (Å²) >= 11 is 0. The first-order valence-electron chi connectivity index (χ1n) is 8.68. The number of nitrogens with one attached hydrogen (secondary N) is 2. The zero-order valence-corrected chi connectivity index (χ0v) is 14.0. The highest BCUT2D eigenvalue weighted by Gasteiger charge is 2.38. The van der Waals surface area contributed by atoms with Crippen molar-refractivity contribution >= 4 is 17.4 Å². The van der Waals surface area contributed by atoms with Crippen LogP contribution in [-0.4, -0.2) is 38.4 Å². The normalized spacial score (nSPS) is 26.4. The molecule has 2 amide bonds. The van der Waals surface area contributed by atoms with E-state index in [1.165, 1.54) is 0 Å². The van der Waals surface area contributed by atoms with Crippen molar-refractivity contribution in [3.05, 3.63) is 24.3 Å². The maximum atomic E-state index is 12.5. The van der Waals surface area contributed by atoms with Gasteiger partial charge in [-0.1, -0.05) is 12.1 Å². The molecule has 23 heavy (non-hydrogen) atoms. The van der Waals surface area contributed by atoms with E-state index in [4.69, 9.17) is 4.74 Å². The third-order valence-electron chi connectivity index (χ3n) is 5.14. The molecule has 2 fully saturated rings. The fraction of sp³-hybridized carbons (Fsp3) is 0.611. The molecule has 3 unspecified atom stereocenters. The van der Waals surface area contributed by atoms with E-state index in [9.17, 15) is 4.79 Å². The number of fused-ring (bicyclic) bond motifs is 1. The number of carbonyl (C=O) groups excluding carboxylic acids is 1. The van der Waals surface area contributed by atoms with Gasteiger partial charge in [0.1, 0.15) is 0 Å². The van der Waals surface area contributed by atoms with E-state index in [0.717, 1.165) is 50.2 Å². The second-order valence-corrected chi connectivity index (χ2v) is 6.53. The van der Waals surface area contributed by atoms with Gasteiger partial charge in [0.25, 0.3) is 0 Å². The van der Waals surface area contributed by atoms with Crippen molar-refractivity contribution in [3.63, 3.8) is 0 Å². The van der Waals surface area contributed by atoms with E-state index in [0.29, 0.717) is 12.0 Å². The van der Waals surface area contributed by atoms with Crippen molar-refractivity contribution in [1.29, 1.82) is 0 Å². The van der Waals surface area contributed by atoms with Crippen LogP contribution in [0.1, 0.15) is 32.6 Å². The average molecular weight is 317 g/mol. The fourth-order valence-electron chi connectivity index (χ4n) is 3.76. The number of hydrogen-bond acceptors (Lipinski definition) is 3. The first-order chi connectivity index (χ1) is 11.2. The molecule has 2 N–H and O–H groups in total. The topological polar surface area (TPSA) is 53.6 Å². The minimum Gasteiger partial charge on any atom is -0.378 e. The number of hydrogen-bond donors (Lipinski definition) is 2. The standard InChI is InChI=1S/C18H27N3O2/c1-3-21(2)16-9-5-4-7-15(16)20-18(22)19-14-8-6-10-17-13(14)11-12-23-17/h4-5,7,9,13-14,17H,3,6,8,10-12H2,1-2H3,(H2,19,20,22). The Morgan fingerprint density at radius 1 is 1.30 bits per heavy atom. The third-order valence-corrected chi connectivity index (χ3v) is 5.14. The van der Waals surface area contributed by atoms with Crippen molar-refractivity contribution in [1.82, 2.24) is 5.32 Å². The van der Waals surface area contributed by atoms with E-state index in [-0.39, 0.29) is 12.1 Å². The van der Waals surface area contributed by atoms with E-state index >= 15 is 0 Å². The Hall–Kier alpha value is -1.75. The molecular formula is C18H27N3O2. The summed E-state index contributed by atoms with van der Waals surface area (Å²) in [4.78, 5) is 14.6. The zero-order chi connectivity index (χ0) is 16.2. The lowest BCUT2D eigenvalue weighted by molar-refractivity contribution is 0.0553. The number of anilines is 2. The molecular weight excluding hydrogens is 290 g/mol. The smallest absolute Gasteiger partial charge is 0.319 e. The first kappa shape index (κ1) is 16.1. The maximum Gasteiger partial charge on any atom is 0.319 e. The second-order valence-electron chi connectivity index (χ2n) is 6.53. The van der Waals surface area contributed by atoms with Crippen molar-refractivity contribution in [2.45, 2.75) is 44.8 Å². The Labute approximate surface area is 138 Å². The lowest BCUT2D eigenvalue weighted by Crippen LogP contribution is -2.47. The minimum atomic E-state index is -0.112. The second kappa shape index (κ2) is 7.21. The lowest BCUT2D eigenvalue weighted by Gasteiger charge is -2.33. The molecule has 0 spiro atoms. The summed E-state index contributed by atoms with van der Waals surface area (Å²) in [7, 11) is 2.03. The summed E-state index contributed by atoms with van der Waals surface area (Å²) in [5.41, 5.74) is 1.89. The van der Waals surface area contributed by atoms with Crippen molar-refractivity contribution in [2.75, 3.05) is 30.4 Å². The Kier molecular flexibility index (Phi) is 5.06. The first-order valence-corrected chi connectivity index (χ1v) is 8.68. The van der Waals surface area contributed by atoms with Crippen LogP contribution in [0.25, 0.3) is 0 Å². The van der Waals surface area contributed by atoms with Gasteiger partial charge in [0.2, 0.25) is 0 Å². The van der Waals surface area contributed by atoms with Gasteiger partial charge in [-0.3, -0.25) is 0 Å². The largest absolute Gasteiger partial charge is 0.378 e. The van der Waals surface area contributed by atoms with Gasteiger partial charge in [-0.15, -0.1) is 0 Å². The predicted molar refractivity (Wildman–Crippen MR) is 93.0 cm³/mol. The van der Waals surface area contributed by atoms with Gasteiger partial charge in [0.15, 0.2) is 0 Å². The molecule has 5 heteroatoms. The summed E-state index contributed by atoms with van der Waals surface area (Å²) in [5.74, 6) is 0.475. The van der Waals surface area contributed by atoms with Crippen LogP contribution < -0.4 is 15.5 Å². The van der Waals surface area contributed by atoms with Crippen LogP contribution >= 0.6 is 0 Å². The molecule has 1 saturated carbocycles. The zero-order valence-electron chi connectivity index (χ0n) is 14.0. The summed E-state index contributed by atoms with van der Waals surface area (Å²) in [5, 5.41) is 6.19. The van der Waals surface area contributed by atoms with Crippen LogP contribution in [-0.2, 0) is 4.74 Å². The summed E-state index contributed by atoms with van der Waals surface area (Å²) < 4.78 is 5.77. The van der Waals surface area contributed by atoms with Gasteiger partial charge in [0, 0.05) is 32.2 Å². The monoisotopic (exact) mass is 317 g/mol. The maximum absolute atomic E-state index is 12.5. The molecule has 1 aromatic rings. The molecule has 3 atom stereocenters. The lowest BCUT2D eigenvalue weighted by atomic mass is 9.82. The van der Waals surface area contributed by atoms with Crippen LogP contribution in [0.4, 0.5) is 16.2 Å². The Bertz CT molecular complexity index is 549. The van der Waals surface area contributed by atoms with Crippen LogP contribution in [0, 0.1) is 5.92 Å². The molecule has 0 aromatic heterocycles. The van der Waals surface area contributed by atoms with Gasteiger partial charge in [-0.05, 0) is 44.7 Å². The molecule has 1 heterocycles. The Morgan fingerprint density at radius 3 is 2.96 bits per heavy atom. The summed E-state index contributed by atoms with van der Waals surface area (Å²) in [6.07, 6.45) is 4.71. The number of carbonyl (C=O) groups is 1. The van der Waals surface area contributed by atoms with E-state index in [1.807, 2.05) is 31.3 Å². The van der Waals surface area contributed by atoms with Gasteiger partial charge in [-0.2, -0.15) is 0 Å². The quantitative estimate of drug-likeness (QED) is 0.896. The molecule has 3 rings (SSSR count). The molecule has 1 saturated heterocycles. The van der Waals surface area contributed by atoms with Gasteiger partial charge < -0.3 is 20.3 Å². The Balaban J connectivity index is 1.63.